The van der Waals surface area contributed by atoms with Gasteiger partial charge in [0, 0.05) is 6.20 Å². The summed E-state index contributed by atoms with van der Waals surface area (Å²) < 4.78 is 0. The van der Waals surface area contributed by atoms with Crippen molar-refractivity contribution < 1.29 is 4.79 Å². The second-order valence-corrected chi connectivity index (χ2v) is 1.74. The van der Waals surface area contributed by atoms with Crippen LogP contribution in [0.4, 0.5) is 0 Å². The van der Waals surface area contributed by atoms with Gasteiger partial charge < -0.3 is 16.5 Å². The molecule has 0 aromatic rings. The molecule has 1 aliphatic heterocycles. The van der Waals surface area contributed by atoms with E-state index in [0.29, 0.717) is 6.54 Å². The molecule has 0 aromatic heterocycles. The molecule has 1 rings (SSSR count). The van der Waals surface area contributed by atoms with Crippen LogP contribution in [0.5, 0.6) is 0 Å². The first kappa shape index (κ1) is 5.81. The summed E-state index contributed by atoms with van der Waals surface area (Å²) in [7, 11) is 0. The van der Waals surface area contributed by atoms with Gasteiger partial charge in [-0.25, -0.2) is 0 Å². The molecule has 0 aromatic carbocycles. The van der Waals surface area contributed by atoms with E-state index in [1.807, 2.05) is 0 Å². The highest BCUT2D eigenvalue weighted by Gasteiger charge is 2.20. The zero-order chi connectivity index (χ0) is 6.85. The molecular formula is C5H7N3O. The highest BCUT2D eigenvalue weighted by atomic mass is 16.2. The van der Waals surface area contributed by atoms with Gasteiger partial charge in [-0.15, -0.1) is 0 Å². The fraction of sp³-hybridized carbons (Fsp3) is 0.200. The Balaban J connectivity index is 2.91. The molecule has 0 bridgehead atoms. The number of nitrogens with two attached hydrogens (primary N) is 1. The number of carbonyl (C=O) groups excluding carboxylic acids is 1. The molecule has 0 saturated carbocycles. The molecule has 48 valence electrons. The molecule has 0 unspecified atom stereocenters. The molecule has 0 atom stereocenters. The monoisotopic (exact) mass is 125 g/mol. The minimum absolute atomic E-state index is 0.248. The van der Waals surface area contributed by atoms with Gasteiger partial charge >= 0.3 is 0 Å². The van der Waals surface area contributed by atoms with Gasteiger partial charge in [0.15, 0.2) is 0 Å². The van der Waals surface area contributed by atoms with Crippen molar-refractivity contribution in [2.75, 3.05) is 6.54 Å². The Kier molecular flexibility index (Phi) is 1.22. The maximum atomic E-state index is 10.6. The predicted molar refractivity (Wildman–Crippen MR) is 33.0 cm³/mol. The van der Waals surface area contributed by atoms with Crippen molar-refractivity contribution in [3.8, 4) is 0 Å². The van der Waals surface area contributed by atoms with Crippen LogP contribution in [-0.4, -0.2) is 18.2 Å². The number of hydrogen-bond donors (Lipinski definition) is 3. The van der Waals surface area contributed by atoms with E-state index in [1.54, 1.807) is 0 Å². The first-order valence-electron chi connectivity index (χ1n) is 2.53. The Morgan fingerprint density at radius 2 is 2.44 bits per heavy atom. The molecule has 1 heterocycles. The molecule has 1 saturated heterocycles. The number of amides is 1. The van der Waals surface area contributed by atoms with Crippen LogP contribution in [0, 0.1) is 5.41 Å². The van der Waals surface area contributed by atoms with E-state index < -0.39 is 0 Å². The molecule has 9 heavy (non-hydrogen) atoms. The van der Waals surface area contributed by atoms with E-state index >= 15 is 0 Å². The van der Waals surface area contributed by atoms with E-state index in [4.69, 9.17) is 11.1 Å². The summed E-state index contributed by atoms with van der Waals surface area (Å²) in [6.07, 6.45) is 1.16. The third-order valence-electron chi connectivity index (χ3n) is 1.16. The largest absolute Gasteiger partial charge is 0.404 e. The topological polar surface area (TPSA) is 79.0 Å². The minimum Gasteiger partial charge on any atom is -0.404 e. The van der Waals surface area contributed by atoms with Gasteiger partial charge in [0.25, 0.3) is 5.91 Å². The summed E-state index contributed by atoms with van der Waals surface area (Å²) in [5.74, 6) is -0.248. The number of rotatable bonds is 0. The highest BCUT2D eigenvalue weighted by Crippen LogP contribution is 2.00. The Bertz CT molecular complexity index is 176. The zero-order valence-corrected chi connectivity index (χ0v) is 4.77. The molecule has 1 amide bonds. The summed E-state index contributed by atoms with van der Waals surface area (Å²) in [6, 6.07) is 0. The SMILES string of the molecule is N=C1CNC(=O)/C1=C/N. The molecule has 4 N–H and O–H groups in total. The second kappa shape index (κ2) is 1.89. The van der Waals surface area contributed by atoms with Crippen LogP contribution < -0.4 is 11.1 Å². The van der Waals surface area contributed by atoms with Gasteiger partial charge in [-0.05, 0) is 0 Å². The molecule has 1 fully saturated rings. The average Bonchev–Trinajstić information content (AvgIpc) is 2.12. The number of carbonyl (C=O) groups is 1. The third kappa shape index (κ3) is 0.782. The Hall–Kier alpha value is -1.32. The first-order valence-corrected chi connectivity index (χ1v) is 2.53. The Labute approximate surface area is 52.2 Å². The van der Waals surface area contributed by atoms with Crippen LogP contribution in [-0.2, 0) is 4.79 Å². The lowest BCUT2D eigenvalue weighted by Gasteiger charge is -1.86. The van der Waals surface area contributed by atoms with Crippen molar-refractivity contribution in [1.82, 2.24) is 5.32 Å². The van der Waals surface area contributed by atoms with Gasteiger partial charge in [-0.2, -0.15) is 0 Å². The van der Waals surface area contributed by atoms with Crippen LogP contribution in [0.2, 0.25) is 0 Å². The summed E-state index contributed by atoms with van der Waals surface area (Å²) in [5, 5.41) is 9.56. The van der Waals surface area contributed by atoms with Crippen LogP contribution in [0.15, 0.2) is 11.8 Å². The lowest BCUT2D eigenvalue weighted by molar-refractivity contribution is -0.116. The van der Waals surface area contributed by atoms with Crippen molar-refractivity contribution >= 4 is 11.6 Å². The molecule has 4 heteroatoms. The standard InChI is InChI=1S/C5H7N3O/c6-1-3-4(7)2-8-5(3)9/h1,7H,2,6H2,(H,8,9)/b3-1+,7-4?. The van der Waals surface area contributed by atoms with Gasteiger partial charge in [0.2, 0.25) is 0 Å². The predicted octanol–water partition coefficient (Wildman–Crippen LogP) is -1.02. The van der Waals surface area contributed by atoms with Crippen molar-refractivity contribution in [3.05, 3.63) is 11.8 Å². The fourth-order valence-electron chi connectivity index (χ4n) is 0.672. The van der Waals surface area contributed by atoms with Crippen LogP contribution in [0.1, 0.15) is 0 Å². The van der Waals surface area contributed by atoms with Crippen molar-refractivity contribution in [2.24, 2.45) is 5.73 Å². The number of nitrogens with one attached hydrogen (secondary N) is 2. The smallest absolute Gasteiger partial charge is 0.254 e. The maximum Gasteiger partial charge on any atom is 0.254 e. The van der Waals surface area contributed by atoms with Gasteiger partial charge in [0.1, 0.15) is 0 Å². The highest BCUT2D eigenvalue weighted by molar-refractivity contribution is 6.26. The minimum atomic E-state index is -0.248. The molecule has 4 nitrogen and oxygen atoms in total. The van der Waals surface area contributed by atoms with Gasteiger partial charge in [-0.3, -0.25) is 4.79 Å². The first-order chi connectivity index (χ1) is 4.25. The Morgan fingerprint density at radius 3 is 2.67 bits per heavy atom. The maximum absolute atomic E-state index is 10.6. The normalized spacial score (nSPS) is 22.9. The van der Waals surface area contributed by atoms with Crippen LogP contribution in [0.3, 0.4) is 0 Å². The van der Waals surface area contributed by atoms with Crippen LogP contribution in [0.25, 0.3) is 0 Å². The lowest BCUT2D eigenvalue weighted by Crippen LogP contribution is -2.14. The molecule has 0 radical (unpaired) electrons. The van der Waals surface area contributed by atoms with Gasteiger partial charge in [-0.1, -0.05) is 0 Å². The molecule has 1 aliphatic rings. The van der Waals surface area contributed by atoms with E-state index in [9.17, 15) is 4.79 Å². The Morgan fingerprint density at radius 1 is 1.78 bits per heavy atom. The summed E-state index contributed by atoms with van der Waals surface area (Å²) >= 11 is 0. The summed E-state index contributed by atoms with van der Waals surface area (Å²) in [5.41, 5.74) is 5.60. The van der Waals surface area contributed by atoms with E-state index in [2.05, 4.69) is 5.32 Å². The van der Waals surface area contributed by atoms with E-state index in [1.165, 1.54) is 0 Å². The molecule has 0 spiro atoms. The molecule has 0 aliphatic carbocycles. The zero-order valence-electron chi connectivity index (χ0n) is 4.77. The van der Waals surface area contributed by atoms with Crippen molar-refractivity contribution in [1.29, 1.82) is 5.41 Å². The van der Waals surface area contributed by atoms with Gasteiger partial charge in [0.05, 0.1) is 17.8 Å². The summed E-state index contributed by atoms with van der Waals surface area (Å²) in [6.45, 7) is 0.307. The average molecular weight is 125 g/mol. The van der Waals surface area contributed by atoms with E-state index in [0.717, 1.165) is 6.20 Å². The fourth-order valence-corrected chi connectivity index (χ4v) is 0.672. The van der Waals surface area contributed by atoms with Crippen molar-refractivity contribution in [2.45, 2.75) is 0 Å². The quantitative estimate of drug-likeness (QED) is 0.362. The van der Waals surface area contributed by atoms with Crippen LogP contribution >= 0.6 is 0 Å². The molecular weight excluding hydrogens is 118 g/mol. The van der Waals surface area contributed by atoms with Crippen molar-refractivity contribution in [3.63, 3.8) is 0 Å². The lowest BCUT2D eigenvalue weighted by atomic mass is 10.2. The second-order valence-electron chi connectivity index (χ2n) is 1.74. The van der Waals surface area contributed by atoms with E-state index in [-0.39, 0.29) is 17.2 Å². The summed E-state index contributed by atoms with van der Waals surface area (Å²) in [4.78, 5) is 10.6. The number of hydrogen-bond acceptors (Lipinski definition) is 3. The third-order valence-corrected chi connectivity index (χ3v) is 1.16.